The number of halogens is 1. The lowest BCUT2D eigenvalue weighted by molar-refractivity contribution is 0.383. The molecule has 1 unspecified atom stereocenters. The average molecular weight is 274 g/mol. The number of benzene rings is 1. The zero-order chi connectivity index (χ0) is 14.5. The number of aromatic nitrogens is 1. The molecule has 106 valence electrons. The lowest BCUT2D eigenvalue weighted by atomic mass is 9.99. The summed E-state index contributed by atoms with van der Waals surface area (Å²) in [4.78, 5) is 4.29. The Morgan fingerprint density at radius 2 is 2.10 bits per heavy atom. The summed E-state index contributed by atoms with van der Waals surface area (Å²) in [6.07, 6.45) is 2.37. The molecule has 0 aliphatic rings. The summed E-state index contributed by atoms with van der Waals surface area (Å²) >= 11 is 0. The first kappa shape index (κ1) is 14.5. The molecule has 20 heavy (non-hydrogen) atoms. The van der Waals surface area contributed by atoms with Crippen LogP contribution in [0.3, 0.4) is 0 Å². The van der Waals surface area contributed by atoms with Crippen LogP contribution >= 0.6 is 0 Å². The molecule has 0 saturated carbocycles. The Morgan fingerprint density at radius 1 is 1.30 bits per heavy atom. The lowest BCUT2D eigenvalue weighted by Gasteiger charge is -2.17. The number of likely N-dealkylation sites (N-methyl/N-ethyl adjacent to an activating group) is 1. The van der Waals surface area contributed by atoms with Crippen LogP contribution in [-0.4, -0.2) is 19.1 Å². The Kier molecular flexibility index (Phi) is 4.69. The Bertz CT molecular complexity index is 569. The van der Waals surface area contributed by atoms with Crippen molar-refractivity contribution in [2.75, 3.05) is 14.2 Å². The van der Waals surface area contributed by atoms with Gasteiger partial charge in [-0.2, -0.15) is 0 Å². The van der Waals surface area contributed by atoms with Gasteiger partial charge in [-0.1, -0.05) is 18.2 Å². The summed E-state index contributed by atoms with van der Waals surface area (Å²) in [5, 5.41) is 3.20. The summed E-state index contributed by atoms with van der Waals surface area (Å²) in [5.41, 5.74) is 2.64. The fraction of sp³-hybridized carbons (Fsp3) is 0.312. The van der Waals surface area contributed by atoms with E-state index in [-0.39, 0.29) is 17.6 Å². The predicted octanol–water partition coefficient (Wildman–Crippen LogP) is 3.04. The lowest BCUT2D eigenvalue weighted by Crippen LogP contribution is -2.19. The number of hydrogen-bond donors (Lipinski definition) is 1. The van der Waals surface area contributed by atoms with E-state index in [0.29, 0.717) is 12.0 Å². The number of nitrogens with zero attached hydrogens (tertiary/aromatic N) is 1. The van der Waals surface area contributed by atoms with E-state index in [1.54, 1.807) is 18.2 Å². The average Bonchev–Trinajstić information content (AvgIpc) is 2.47. The molecular formula is C16H19FN2O. The second kappa shape index (κ2) is 6.48. The molecule has 1 atom stereocenters. The van der Waals surface area contributed by atoms with Crippen molar-refractivity contribution in [1.29, 1.82) is 0 Å². The Hall–Kier alpha value is -1.94. The fourth-order valence-corrected chi connectivity index (χ4v) is 2.16. The molecule has 0 radical (unpaired) electrons. The van der Waals surface area contributed by atoms with Gasteiger partial charge in [0, 0.05) is 17.9 Å². The van der Waals surface area contributed by atoms with Gasteiger partial charge in [-0.15, -0.1) is 0 Å². The zero-order valence-corrected chi connectivity index (χ0v) is 12.0. The van der Waals surface area contributed by atoms with Gasteiger partial charge in [-0.25, -0.2) is 4.39 Å². The van der Waals surface area contributed by atoms with Crippen molar-refractivity contribution in [3.05, 3.63) is 59.2 Å². The highest BCUT2D eigenvalue weighted by molar-refractivity contribution is 5.32. The number of aryl methyl sites for hydroxylation is 1. The Morgan fingerprint density at radius 3 is 2.70 bits per heavy atom. The molecule has 0 amide bonds. The van der Waals surface area contributed by atoms with Crippen LogP contribution in [0, 0.1) is 12.7 Å². The first-order chi connectivity index (χ1) is 9.65. The maximum atomic E-state index is 14.2. The van der Waals surface area contributed by atoms with E-state index >= 15 is 0 Å². The van der Waals surface area contributed by atoms with Crippen LogP contribution in [0.2, 0.25) is 0 Å². The maximum Gasteiger partial charge on any atom is 0.168 e. The summed E-state index contributed by atoms with van der Waals surface area (Å²) < 4.78 is 19.2. The normalized spacial score (nSPS) is 12.2. The number of ether oxygens (including phenoxy) is 1. The molecule has 2 aromatic rings. The molecule has 0 spiro atoms. The highest BCUT2D eigenvalue weighted by atomic mass is 19.1. The van der Waals surface area contributed by atoms with Crippen molar-refractivity contribution in [3.63, 3.8) is 0 Å². The van der Waals surface area contributed by atoms with E-state index < -0.39 is 0 Å². The fourth-order valence-electron chi connectivity index (χ4n) is 2.16. The third kappa shape index (κ3) is 3.14. The van der Waals surface area contributed by atoms with Gasteiger partial charge in [-0.3, -0.25) is 4.98 Å². The van der Waals surface area contributed by atoms with Crippen molar-refractivity contribution in [3.8, 4) is 5.75 Å². The van der Waals surface area contributed by atoms with Gasteiger partial charge in [0.1, 0.15) is 0 Å². The van der Waals surface area contributed by atoms with E-state index in [2.05, 4.69) is 10.3 Å². The SMILES string of the molecule is CNC(Cc1cccc(OC)c1F)c1ccc(C)nc1. The number of pyridine rings is 1. The van der Waals surface area contributed by atoms with E-state index in [1.165, 1.54) is 7.11 Å². The number of rotatable bonds is 5. The minimum Gasteiger partial charge on any atom is -0.494 e. The standard InChI is InChI=1S/C16H19FN2O/c1-11-7-8-13(10-19-11)14(18-2)9-12-5-4-6-15(20-3)16(12)17/h4-8,10,14,18H,9H2,1-3H3. The molecule has 4 heteroatoms. The molecule has 1 heterocycles. The topological polar surface area (TPSA) is 34.1 Å². The molecule has 0 aliphatic heterocycles. The summed E-state index contributed by atoms with van der Waals surface area (Å²) in [6.45, 7) is 1.94. The summed E-state index contributed by atoms with van der Waals surface area (Å²) in [6, 6.07) is 9.20. The van der Waals surface area contributed by atoms with Crippen LogP contribution in [0.15, 0.2) is 36.5 Å². The van der Waals surface area contributed by atoms with Crippen LogP contribution in [-0.2, 0) is 6.42 Å². The van der Waals surface area contributed by atoms with Crippen LogP contribution < -0.4 is 10.1 Å². The molecule has 1 aromatic carbocycles. The van der Waals surface area contributed by atoms with Crippen molar-refractivity contribution < 1.29 is 9.13 Å². The molecule has 2 rings (SSSR count). The number of nitrogens with one attached hydrogen (secondary N) is 1. The van der Waals surface area contributed by atoms with E-state index in [0.717, 1.165) is 11.3 Å². The second-order valence-corrected chi connectivity index (χ2v) is 4.71. The molecule has 0 saturated heterocycles. The van der Waals surface area contributed by atoms with Gasteiger partial charge in [0.05, 0.1) is 7.11 Å². The Balaban J connectivity index is 2.24. The molecule has 3 nitrogen and oxygen atoms in total. The van der Waals surface area contributed by atoms with Crippen molar-refractivity contribution in [1.82, 2.24) is 10.3 Å². The minimum atomic E-state index is -0.296. The van der Waals surface area contributed by atoms with E-state index in [4.69, 9.17) is 4.74 Å². The van der Waals surface area contributed by atoms with Crippen molar-refractivity contribution in [2.24, 2.45) is 0 Å². The molecule has 0 bridgehead atoms. The highest BCUT2D eigenvalue weighted by Crippen LogP contribution is 2.24. The van der Waals surface area contributed by atoms with E-state index in [1.807, 2.05) is 32.3 Å². The van der Waals surface area contributed by atoms with Gasteiger partial charge < -0.3 is 10.1 Å². The van der Waals surface area contributed by atoms with Gasteiger partial charge in [0.15, 0.2) is 11.6 Å². The van der Waals surface area contributed by atoms with Crippen LogP contribution in [0.5, 0.6) is 5.75 Å². The third-order valence-electron chi connectivity index (χ3n) is 3.37. The molecule has 0 aliphatic carbocycles. The number of hydrogen-bond acceptors (Lipinski definition) is 3. The largest absolute Gasteiger partial charge is 0.494 e. The van der Waals surface area contributed by atoms with Crippen molar-refractivity contribution in [2.45, 2.75) is 19.4 Å². The monoisotopic (exact) mass is 274 g/mol. The minimum absolute atomic E-state index is 0.0182. The molecule has 1 N–H and O–H groups in total. The van der Waals surface area contributed by atoms with Crippen LogP contribution in [0.4, 0.5) is 4.39 Å². The predicted molar refractivity (Wildman–Crippen MR) is 77.4 cm³/mol. The van der Waals surface area contributed by atoms with Crippen LogP contribution in [0.25, 0.3) is 0 Å². The quantitative estimate of drug-likeness (QED) is 0.910. The Labute approximate surface area is 118 Å². The highest BCUT2D eigenvalue weighted by Gasteiger charge is 2.15. The summed E-state index contributed by atoms with van der Waals surface area (Å²) in [7, 11) is 3.34. The van der Waals surface area contributed by atoms with E-state index in [9.17, 15) is 4.39 Å². The molecule has 1 aromatic heterocycles. The van der Waals surface area contributed by atoms with Crippen molar-refractivity contribution >= 4 is 0 Å². The van der Waals surface area contributed by atoms with Gasteiger partial charge in [0.2, 0.25) is 0 Å². The van der Waals surface area contributed by atoms with Gasteiger partial charge in [-0.05, 0) is 43.7 Å². The molecular weight excluding hydrogens is 255 g/mol. The third-order valence-corrected chi connectivity index (χ3v) is 3.37. The first-order valence-electron chi connectivity index (χ1n) is 6.57. The number of methoxy groups -OCH3 is 1. The maximum absolute atomic E-state index is 14.2. The van der Waals surface area contributed by atoms with Gasteiger partial charge in [0.25, 0.3) is 0 Å². The zero-order valence-electron chi connectivity index (χ0n) is 12.0. The smallest absolute Gasteiger partial charge is 0.168 e. The van der Waals surface area contributed by atoms with Crippen LogP contribution in [0.1, 0.15) is 22.9 Å². The molecule has 0 fully saturated rings. The summed E-state index contributed by atoms with van der Waals surface area (Å²) in [5.74, 6) is -0.0188. The second-order valence-electron chi connectivity index (χ2n) is 4.71. The van der Waals surface area contributed by atoms with Gasteiger partial charge >= 0.3 is 0 Å². The first-order valence-corrected chi connectivity index (χ1v) is 6.57.